The van der Waals surface area contributed by atoms with E-state index in [1.165, 1.54) is 63.4 Å². The van der Waals surface area contributed by atoms with Crippen LogP contribution in [0.3, 0.4) is 0 Å². The van der Waals surface area contributed by atoms with Crippen molar-refractivity contribution in [1.82, 2.24) is 15.1 Å². The molecule has 1 aliphatic heterocycles. The molecule has 1 heterocycles. The number of rotatable bonds is 12. The van der Waals surface area contributed by atoms with Gasteiger partial charge in [-0.15, -0.1) is 0 Å². The summed E-state index contributed by atoms with van der Waals surface area (Å²) in [5.41, 5.74) is 1.71. The summed E-state index contributed by atoms with van der Waals surface area (Å²) >= 11 is 0. The van der Waals surface area contributed by atoms with Crippen molar-refractivity contribution in [3.8, 4) is 0 Å². The molecule has 8 heteroatoms. The van der Waals surface area contributed by atoms with Gasteiger partial charge in [-0.3, -0.25) is 14.4 Å². The molecule has 1 saturated heterocycles. The van der Waals surface area contributed by atoms with Gasteiger partial charge in [-0.1, -0.05) is 60.6 Å². The number of amides is 1. The number of carboxylic acids is 1. The third-order valence-corrected chi connectivity index (χ3v) is 17.9. The topological polar surface area (TPSA) is 99.2 Å². The summed E-state index contributed by atoms with van der Waals surface area (Å²) in [4.78, 5) is 41.9. The number of esters is 1. The van der Waals surface area contributed by atoms with Crippen LogP contribution in [0.1, 0.15) is 145 Å². The zero-order valence-corrected chi connectivity index (χ0v) is 35.8. The largest absolute Gasteiger partial charge is 0.481 e. The van der Waals surface area contributed by atoms with Crippen LogP contribution < -0.4 is 5.32 Å². The number of ether oxygens (including phenoxy) is 1. The van der Waals surface area contributed by atoms with Gasteiger partial charge in [-0.25, -0.2) is 0 Å². The van der Waals surface area contributed by atoms with Crippen molar-refractivity contribution in [1.29, 1.82) is 0 Å². The SMILES string of the molecule is C=C(C)[C@@H]1CC[C@]2(CCNCCC(=O)N3CCN(C)CC3)CC[C@]3(C)[C@H](CC[C@@H]4[C@@]5(C)CC[C@H](OC(=O)CC(C)(C)CC(=O)O)C(C)(C)[C@@H]5CC[C@]43C)[C@@H]12. The Kier molecular flexibility index (Phi) is 11.7. The maximum Gasteiger partial charge on any atom is 0.306 e. The minimum atomic E-state index is -0.875. The van der Waals surface area contributed by atoms with Crippen LogP contribution in [-0.4, -0.2) is 85.2 Å². The molecule has 0 bridgehead atoms. The van der Waals surface area contributed by atoms with Crippen LogP contribution in [0, 0.1) is 62.1 Å². The summed E-state index contributed by atoms with van der Waals surface area (Å²) < 4.78 is 6.30. The van der Waals surface area contributed by atoms with Gasteiger partial charge in [0.05, 0.1) is 12.8 Å². The van der Waals surface area contributed by atoms with Gasteiger partial charge >= 0.3 is 11.9 Å². The molecule has 0 aromatic heterocycles. The predicted molar refractivity (Wildman–Crippen MR) is 216 cm³/mol. The van der Waals surface area contributed by atoms with E-state index in [0.717, 1.165) is 52.1 Å². The lowest BCUT2D eigenvalue weighted by molar-refractivity contribution is -0.250. The van der Waals surface area contributed by atoms with E-state index >= 15 is 0 Å². The molecule has 306 valence electrons. The fourth-order valence-corrected chi connectivity index (χ4v) is 14.8. The molecule has 54 heavy (non-hydrogen) atoms. The van der Waals surface area contributed by atoms with Gasteiger partial charge in [0.15, 0.2) is 0 Å². The van der Waals surface area contributed by atoms with Crippen LogP contribution in [0.4, 0.5) is 0 Å². The molecule has 5 saturated carbocycles. The van der Waals surface area contributed by atoms with E-state index < -0.39 is 11.4 Å². The Morgan fingerprint density at radius 2 is 1.54 bits per heavy atom. The number of aliphatic carboxylic acids is 1. The number of carboxylic acid groups (broad SMARTS) is 1. The van der Waals surface area contributed by atoms with Crippen molar-refractivity contribution in [2.45, 2.75) is 151 Å². The number of allylic oxidation sites excluding steroid dienone is 1. The van der Waals surface area contributed by atoms with Crippen LogP contribution in [0.15, 0.2) is 12.2 Å². The maximum atomic E-state index is 13.3. The number of fused-ring (bicyclic) bond motifs is 7. The Bertz CT molecular complexity index is 1430. The van der Waals surface area contributed by atoms with Crippen molar-refractivity contribution < 1.29 is 24.2 Å². The quantitative estimate of drug-likeness (QED) is 0.117. The van der Waals surface area contributed by atoms with Crippen LogP contribution in [0.2, 0.25) is 0 Å². The second-order valence-electron chi connectivity index (χ2n) is 21.7. The molecular weight excluding hydrogens is 675 g/mol. The predicted octanol–water partition coefficient (Wildman–Crippen LogP) is 8.59. The summed E-state index contributed by atoms with van der Waals surface area (Å²) in [6.45, 7) is 28.8. The third kappa shape index (κ3) is 7.35. The lowest BCUT2D eigenvalue weighted by Gasteiger charge is -2.73. The summed E-state index contributed by atoms with van der Waals surface area (Å²) in [6.07, 6.45) is 13.9. The number of nitrogens with zero attached hydrogens (tertiary/aromatic N) is 2. The van der Waals surface area contributed by atoms with E-state index in [4.69, 9.17) is 4.74 Å². The second-order valence-corrected chi connectivity index (χ2v) is 21.7. The number of likely N-dealkylation sites (N-methyl/N-ethyl adjacent to an activating group) is 1. The number of hydrogen-bond donors (Lipinski definition) is 2. The van der Waals surface area contributed by atoms with E-state index in [1.54, 1.807) is 0 Å². The molecule has 8 nitrogen and oxygen atoms in total. The standard InChI is InChI=1S/C46H77N3O5/c1-31(2)32-13-19-46(22-24-47-23-16-37(50)49-27-25-48(10)26-28-49)21-20-44(8)33(40(32)46)11-12-35-43(7)17-15-36(42(5,6)34(43)14-18-45(35,44)9)54-39(53)30-41(3,4)29-38(51)52/h32-36,40,47H,1,11-30H2,2-10H3,(H,51,52)/t32-,33+,34-,35+,36-,40+,43-,44+,45+,46+/m0/s1. The van der Waals surface area contributed by atoms with Crippen LogP contribution in [-0.2, 0) is 19.1 Å². The first kappa shape index (κ1) is 41.7. The fourth-order valence-electron chi connectivity index (χ4n) is 14.8. The summed E-state index contributed by atoms with van der Waals surface area (Å²) in [5.74, 6) is 2.29. The van der Waals surface area contributed by atoms with Gasteiger partial charge in [-0.2, -0.15) is 0 Å². The highest BCUT2D eigenvalue weighted by Crippen LogP contribution is 2.78. The molecule has 6 aliphatic rings. The number of carbonyl (C=O) groups excluding carboxylic acids is 2. The minimum Gasteiger partial charge on any atom is -0.481 e. The Morgan fingerprint density at radius 3 is 2.20 bits per heavy atom. The molecule has 0 aromatic rings. The minimum absolute atomic E-state index is 0.0393. The molecular formula is C46H77N3O5. The van der Waals surface area contributed by atoms with E-state index in [1.807, 2.05) is 18.7 Å². The van der Waals surface area contributed by atoms with E-state index in [9.17, 15) is 19.5 Å². The van der Waals surface area contributed by atoms with Gasteiger partial charge in [0.1, 0.15) is 6.10 Å². The molecule has 2 N–H and O–H groups in total. The summed E-state index contributed by atoms with van der Waals surface area (Å²) in [7, 11) is 2.13. The maximum absolute atomic E-state index is 13.3. The highest BCUT2D eigenvalue weighted by Gasteiger charge is 2.71. The third-order valence-electron chi connectivity index (χ3n) is 17.9. The zero-order valence-electron chi connectivity index (χ0n) is 35.8. The van der Waals surface area contributed by atoms with Gasteiger partial charge in [0.2, 0.25) is 5.91 Å². The molecule has 0 aromatic carbocycles. The highest BCUT2D eigenvalue weighted by molar-refractivity contribution is 5.76. The zero-order chi connectivity index (χ0) is 39.5. The molecule has 0 radical (unpaired) electrons. The fraction of sp³-hybridized carbons (Fsp3) is 0.891. The average molecular weight is 752 g/mol. The lowest BCUT2D eigenvalue weighted by Crippen LogP contribution is -2.66. The number of hydrogen-bond acceptors (Lipinski definition) is 6. The molecule has 0 spiro atoms. The normalized spacial score (nSPS) is 40.5. The second kappa shape index (κ2) is 15.1. The highest BCUT2D eigenvalue weighted by atomic mass is 16.5. The molecule has 6 fully saturated rings. The van der Waals surface area contributed by atoms with E-state index in [2.05, 4.69) is 65.4 Å². The first-order valence-electron chi connectivity index (χ1n) is 21.9. The van der Waals surface area contributed by atoms with Gasteiger partial charge in [-0.05, 0) is 148 Å². The number of nitrogens with one attached hydrogen (secondary N) is 1. The Hall–Kier alpha value is -1.93. The molecule has 5 aliphatic carbocycles. The molecule has 1 amide bonds. The van der Waals surface area contributed by atoms with E-state index in [0.29, 0.717) is 47.3 Å². The first-order valence-corrected chi connectivity index (χ1v) is 21.9. The Labute approximate surface area is 328 Å². The molecule has 0 unspecified atom stereocenters. The van der Waals surface area contributed by atoms with Crippen molar-refractivity contribution in [3.63, 3.8) is 0 Å². The smallest absolute Gasteiger partial charge is 0.306 e. The molecule has 10 atom stereocenters. The van der Waals surface area contributed by atoms with E-state index in [-0.39, 0.29) is 46.6 Å². The van der Waals surface area contributed by atoms with Gasteiger partial charge in [0.25, 0.3) is 0 Å². The molecule has 6 rings (SSSR count). The van der Waals surface area contributed by atoms with Gasteiger partial charge in [0, 0.05) is 44.6 Å². The first-order chi connectivity index (χ1) is 25.2. The van der Waals surface area contributed by atoms with Crippen molar-refractivity contribution in [2.24, 2.45) is 62.1 Å². The number of carbonyl (C=O) groups is 3. The monoisotopic (exact) mass is 752 g/mol. The average Bonchev–Trinajstić information content (AvgIpc) is 3.46. The van der Waals surface area contributed by atoms with Crippen LogP contribution in [0.25, 0.3) is 0 Å². The van der Waals surface area contributed by atoms with Crippen LogP contribution >= 0.6 is 0 Å². The Morgan fingerprint density at radius 1 is 0.833 bits per heavy atom. The lowest BCUT2D eigenvalue weighted by atomic mass is 9.32. The summed E-state index contributed by atoms with van der Waals surface area (Å²) in [5, 5.41) is 13.1. The van der Waals surface area contributed by atoms with Crippen LogP contribution in [0.5, 0.6) is 0 Å². The Balaban J connectivity index is 1.14. The van der Waals surface area contributed by atoms with Crippen molar-refractivity contribution in [2.75, 3.05) is 46.3 Å². The summed E-state index contributed by atoms with van der Waals surface area (Å²) in [6, 6.07) is 0. The number of piperazine rings is 1. The van der Waals surface area contributed by atoms with Gasteiger partial charge < -0.3 is 25.0 Å². The van der Waals surface area contributed by atoms with Crippen molar-refractivity contribution >= 4 is 17.8 Å². The van der Waals surface area contributed by atoms with Crippen molar-refractivity contribution in [3.05, 3.63) is 12.2 Å².